The fourth-order valence-corrected chi connectivity index (χ4v) is 3.17. The summed E-state index contributed by atoms with van der Waals surface area (Å²) in [5.74, 6) is -0.799. The minimum atomic E-state index is -0.963. The van der Waals surface area contributed by atoms with Crippen LogP contribution in [0.5, 0.6) is 0 Å². The molecule has 0 radical (unpaired) electrons. The van der Waals surface area contributed by atoms with E-state index in [-0.39, 0.29) is 12.7 Å². The molecule has 2 aromatic rings. The molecule has 3 atom stereocenters. The summed E-state index contributed by atoms with van der Waals surface area (Å²) in [6, 6.07) is 19.1. The van der Waals surface area contributed by atoms with Crippen molar-refractivity contribution in [2.24, 2.45) is 0 Å². The number of aliphatic hydroxyl groups excluding tert-OH is 1. The van der Waals surface area contributed by atoms with Gasteiger partial charge in [-0.1, -0.05) is 76.6 Å². The summed E-state index contributed by atoms with van der Waals surface area (Å²) in [7, 11) is 0. The highest BCUT2D eigenvalue weighted by atomic mass is 79.9. The molecule has 1 aliphatic heterocycles. The van der Waals surface area contributed by atoms with Gasteiger partial charge in [-0.05, 0) is 0 Å². The Labute approximate surface area is 144 Å². The van der Waals surface area contributed by atoms with E-state index in [0.717, 1.165) is 11.1 Å². The van der Waals surface area contributed by atoms with E-state index in [1.165, 1.54) is 0 Å². The smallest absolute Gasteiger partial charge is 0.205 e. The fourth-order valence-electron chi connectivity index (χ4n) is 2.55. The molecular formula is C18H19BrO4. The van der Waals surface area contributed by atoms with Gasteiger partial charge in [0.05, 0.1) is 18.5 Å². The summed E-state index contributed by atoms with van der Waals surface area (Å²) in [5, 5.41) is 10.6. The van der Waals surface area contributed by atoms with Crippen molar-refractivity contribution in [2.45, 2.75) is 18.2 Å². The van der Waals surface area contributed by atoms with Crippen LogP contribution in [0, 0.1) is 0 Å². The Balaban J connectivity index is 1.59. The zero-order chi connectivity index (χ0) is 16.1. The van der Waals surface area contributed by atoms with Gasteiger partial charge < -0.3 is 19.3 Å². The van der Waals surface area contributed by atoms with Crippen molar-refractivity contribution < 1.29 is 19.3 Å². The van der Waals surface area contributed by atoms with E-state index in [1.54, 1.807) is 0 Å². The second kappa shape index (κ2) is 7.55. The van der Waals surface area contributed by atoms with Crippen LogP contribution in [-0.2, 0) is 20.0 Å². The minimum absolute atomic E-state index is 0.230. The van der Waals surface area contributed by atoms with Crippen molar-refractivity contribution in [1.29, 1.82) is 0 Å². The monoisotopic (exact) mass is 378 g/mol. The fraction of sp³-hybridized carbons (Fsp3) is 0.333. The molecule has 0 spiro atoms. The van der Waals surface area contributed by atoms with E-state index in [1.807, 2.05) is 60.7 Å². The molecular weight excluding hydrogens is 360 g/mol. The first-order chi connectivity index (χ1) is 11.2. The summed E-state index contributed by atoms with van der Waals surface area (Å²) in [5.41, 5.74) is 1.68. The maximum atomic E-state index is 10.1. The first kappa shape index (κ1) is 16.6. The number of halogens is 1. The van der Waals surface area contributed by atoms with Crippen molar-refractivity contribution in [2.75, 3.05) is 18.5 Å². The predicted molar refractivity (Wildman–Crippen MR) is 90.1 cm³/mol. The average Bonchev–Trinajstić information content (AvgIpc) is 3.06. The zero-order valence-electron chi connectivity index (χ0n) is 12.6. The highest BCUT2D eigenvalue weighted by Gasteiger charge is 2.42. The van der Waals surface area contributed by atoms with Crippen molar-refractivity contribution in [3.63, 3.8) is 0 Å². The third-order valence-electron chi connectivity index (χ3n) is 3.77. The van der Waals surface area contributed by atoms with Gasteiger partial charge in [0.15, 0.2) is 6.29 Å². The number of rotatable bonds is 6. The van der Waals surface area contributed by atoms with Gasteiger partial charge >= 0.3 is 0 Å². The van der Waals surface area contributed by atoms with E-state index in [0.29, 0.717) is 11.9 Å². The van der Waals surface area contributed by atoms with Crippen LogP contribution < -0.4 is 0 Å². The van der Waals surface area contributed by atoms with Crippen molar-refractivity contribution in [3.05, 3.63) is 71.8 Å². The first-order valence-corrected chi connectivity index (χ1v) is 8.63. The minimum Gasteiger partial charge on any atom is -0.364 e. The van der Waals surface area contributed by atoms with Gasteiger partial charge in [0.2, 0.25) is 5.79 Å². The molecule has 3 rings (SSSR count). The lowest BCUT2D eigenvalue weighted by atomic mass is 10.1. The van der Waals surface area contributed by atoms with E-state index in [2.05, 4.69) is 15.9 Å². The largest absolute Gasteiger partial charge is 0.364 e. The van der Waals surface area contributed by atoms with Gasteiger partial charge in [0, 0.05) is 11.1 Å². The van der Waals surface area contributed by atoms with Gasteiger partial charge in [-0.25, -0.2) is 0 Å². The summed E-state index contributed by atoms with van der Waals surface area (Å²) >= 11 is 3.47. The van der Waals surface area contributed by atoms with E-state index in [9.17, 15) is 5.11 Å². The molecule has 5 heteroatoms. The lowest BCUT2D eigenvalue weighted by Crippen LogP contribution is -2.31. The van der Waals surface area contributed by atoms with Crippen LogP contribution in [0.4, 0.5) is 0 Å². The predicted octanol–water partition coefficient (Wildman–Crippen LogP) is 3.36. The number of ether oxygens (including phenoxy) is 3. The summed E-state index contributed by atoms with van der Waals surface area (Å²) in [6.45, 7) is 0.680. The molecule has 0 aliphatic carbocycles. The summed E-state index contributed by atoms with van der Waals surface area (Å²) in [4.78, 5) is 0. The van der Waals surface area contributed by atoms with Gasteiger partial charge in [-0.2, -0.15) is 0 Å². The number of aliphatic hydroxyl groups is 1. The van der Waals surface area contributed by atoms with Crippen LogP contribution in [0.1, 0.15) is 17.4 Å². The second-order valence-corrected chi connectivity index (χ2v) is 5.96. The maximum Gasteiger partial charge on any atom is 0.205 e. The Hall–Kier alpha value is -1.24. The number of hydrogen-bond acceptors (Lipinski definition) is 4. The molecule has 2 aromatic carbocycles. The molecule has 0 saturated carbocycles. The van der Waals surface area contributed by atoms with Gasteiger partial charge in [0.1, 0.15) is 6.10 Å². The van der Waals surface area contributed by atoms with Crippen LogP contribution in [-0.4, -0.2) is 29.8 Å². The lowest BCUT2D eigenvalue weighted by Gasteiger charge is -2.26. The molecule has 0 amide bonds. The van der Waals surface area contributed by atoms with Gasteiger partial charge in [-0.3, -0.25) is 0 Å². The standard InChI is InChI=1S/C18H19BrO4/c19-13-18(15-9-5-2-6-10-15)22-12-16(23-18)11-21-17(20)14-7-3-1-4-8-14/h1-10,16-17,20H,11-13H2/t16-,17?,18-/m1/s1. The van der Waals surface area contributed by atoms with E-state index in [4.69, 9.17) is 14.2 Å². The molecule has 1 aliphatic rings. The average molecular weight is 379 g/mol. The van der Waals surface area contributed by atoms with E-state index >= 15 is 0 Å². The topological polar surface area (TPSA) is 47.9 Å². The van der Waals surface area contributed by atoms with Crippen LogP contribution in [0.15, 0.2) is 60.7 Å². The molecule has 23 heavy (non-hydrogen) atoms. The number of hydrogen-bond donors (Lipinski definition) is 1. The molecule has 122 valence electrons. The van der Waals surface area contributed by atoms with Crippen LogP contribution in [0.25, 0.3) is 0 Å². The highest BCUT2D eigenvalue weighted by Crippen LogP contribution is 2.36. The Morgan fingerprint density at radius 2 is 1.78 bits per heavy atom. The van der Waals surface area contributed by atoms with Gasteiger partial charge in [0.25, 0.3) is 0 Å². The van der Waals surface area contributed by atoms with E-state index < -0.39 is 12.1 Å². The van der Waals surface area contributed by atoms with Crippen molar-refractivity contribution in [3.8, 4) is 0 Å². The third-order valence-corrected chi connectivity index (χ3v) is 4.51. The maximum absolute atomic E-state index is 10.1. The molecule has 1 unspecified atom stereocenters. The first-order valence-electron chi connectivity index (χ1n) is 7.51. The lowest BCUT2D eigenvalue weighted by molar-refractivity contribution is -0.177. The zero-order valence-corrected chi connectivity index (χ0v) is 14.2. The van der Waals surface area contributed by atoms with Crippen LogP contribution >= 0.6 is 15.9 Å². The second-order valence-electron chi connectivity index (χ2n) is 5.40. The molecule has 1 fully saturated rings. The Morgan fingerprint density at radius 1 is 1.13 bits per heavy atom. The Bertz CT molecular complexity index is 607. The molecule has 1 N–H and O–H groups in total. The normalized spacial score (nSPS) is 25.4. The van der Waals surface area contributed by atoms with Gasteiger partial charge in [-0.15, -0.1) is 0 Å². The molecule has 4 nitrogen and oxygen atoms in total. The van der Waals surface area contributed by atoms with Crippen molar-refractivity contribution >= 4 is 15.9 Å². The molecule has 1 heterocycles. The Kier molecular flexibility index (Phi) is 5.46. The number of alkyl halides is 1. The molecule has 1 saturated heterocycles. The van der Waals surface area contributed by atoms with Crippen LogP contribution in [0.2, 0.25) is 0 Å². The third kappa shape index (κ3) is 3.82. The Morgan fingerprint density at radius 3 is 2.43 bits per heavy atom. The molecule has 0 aromatic heterocycles. The van der Waals surface area contributed by atoms with Crippen molar-refractivity contribution in [1.82, 2.24) is 0 Å². The summed E-state index contributed by atoms with van der Waals surface area (Å²) in [6.07, 6.45) is -1.19. The summed E-state index contributed by atoms with van der Waals surface area (Å²) < 4.78 is 17.5. The quantitative estimate of drug-likeness (QED) is 0.618. The molecule has 0 bridgehead atoms. The highest BCUT2D eigenvalue weighted by molar-refractivity contribution is 9.09. The SMILES string of the molecule is OC(OC[C@@H]1CO[C@@](CBr)(c2ccccc2)O1)c1ccccc1. The van der Waals surface area contributed by atoms with Crippen LogP contribution in [0.3, 0.4) is 0 Å². The number of benzene rings is 2.